The number of likely N-dealkylation sites (N-methyl/N-ethyl adjacent to an activating group) is 1. The molecule has 0 bridgehead atoms. The van der Waals surface area contributed by atoms with Crippen LogP contribution in [0.4, 0.5) is 10.1 Å². The molecule has 1 atom stereocenters. The molecular formula is C16H24FN3O. The molecule has 1 aromatic carbocycles. The summed E-state index contributed by atoms with van der Waals surface area (Å²) in [5.74, 6) is -0.706. The maximum atomic E-state index is 13.7. The maximum Gasteiger partial charge on any atom is 0.164 e. The molecule has 1 saturated heterocycles. The zero-order valence-corrected chi connectivity index (χ0v) is 13.0. The van der Waals surface area contributed by atoms with E-state index < -0.39 is 5.82 Å². The lowest BCUT2D eigenvalue weighted by Gasteiger charge is -2.36. The molecule has 21 heavy (non-hydrogen) atoms. The number of nitrogens with zero attached hydrogens (tertiary/aromatic N) is 2. The van der Waals surface area contributed by atoms with E-state index in [1.807, 2.05) is 0 Å². The third kappa shape index (κ3) is 4.02. The largest absolute Gasteiger partial charge is 0.383 e. The van der Waals surface area contributed by atoms with Gasteiger partial charge in [-0.3, -0.25) is 9.69 Å². The van der Waals surface area contributed by atoms with E-state index in [1.54, 1.807) is 12.1 Å². The monoisotopic (exact) mass is 293 g/mol. The van der Waals surface area contributed by atoms with Crippen LogP contribution in [0.5, 0.6) is 0 Å². The average Bonchev–Trinajstić information content (AvgIpc) is 2.45. The van der Waals surface area contributed by atoms with Crippen molar-refractivity contribution < 1.29 is 9.18 Å². The summed E-state index contributed by atoms with van der Waals surface area (Å²) in [6.45, 7) is 8.49. The van der Waals surface area contributed by atoms with Gasteiger partial charge in [0.15, 0.2) is 5.78 Å². The average molecular weight is 293 g/mol. The second-order valence-corrected chi connectivity index (χ2v) is 5.79. The molecule has 0 radical (unpaired) electrons. The number of Topliss-reactive ketones (excluding diaryl/α,β-unsaturated/α-hetero) is 1. The van der Waals surface area contributed by atoms with Gasteiger partial charge in [0.2, 0.25) is 0 Å². The number of anilines is 1. The van der Waals surface area contributed by atoms with E-state index in [0.717, 1.165) is 26.2 Å². The normalized spacial score (nSPS) is 18.5. The fourth-order valence-corrected chi connectivity index (χ4v) is 2.68. The quantitative estimate of drug-likeness (QED) is 0.843. The number of piperazine rings is 1. The highest BCUT2D eigenvalue weighted by atomic mass is 19.1. The number of hydrogen-bond acceptors (Lipinski definition) is 4. The Morgan fingerprint density at radius 2 is 2.00 bits per heavy atom. The van der Waals surface area contributed by atoms with Gasteiger partial charge in [0, 0.05) is 44.5 Å². The van der Waals surface area contributed by atoms with Crippen LogP contribution in [-0.2, 0) is 0 Å². The van der Waals surface area contributed by atoms with Gasteiger partial charge in [0.05, 0.1) is 5.56 Å². The van der Waals surface area contributed by atoms with E-state index in [4.69, 9.17) is 0 Å². The minimum absolute atomic E-state index is 0.156. The van der Waals surface area contributed by atoms with Crippen LogP contribution >= 0.6 is 0 Å². The van der Waals surface area contributed by atoms with Crippen molar-refractivity contribution in [3.05, 3.63) is 29.6 Å². The molecule has 1 aliphatic rings. The van der Waals surface area contributed by atoms with Gasteiger partial charge in [-0.05, 0) is 33.0 Å². The number of halogens is 1. The fourth-order valence-electron chi connectivity index (χ4n) is 2.68. The van der Waals surface area contributed by atoms with Gasteiger partial charge in [-0.2, -0.15) is 0 Å². The topological polar surface area (TPSA) is 35.6 Å². The van der Waals surface area contributed by atoms with E-state index in [0.29, 0.717) is 18.3 Å². The maximum absolute atomic E-state index is 13.7. The first-order valence-corrected chi connectivity index (χ1v) is 7.45. The van der Waals surface area contributed by atoms with E-state index in [9.17, 15) is 9.18 Å². The Labute approximate surface area is 125 Å². The van der Waals surface area contributed by atoms with Crippen LogP contribution in [0.2, 0.25) is 0 Å². The smallest absolute Gasteiger partial charge is 0.164 e. The molecule has 1 aromatic rings. The Hall–Kier alpha value is -1.46. The third-order valence-corrected chi connectivity index (χ3v) is 4.11. The van der Waals surface area contributed by atoms with Crippen LogP contribution in [0.25, 0.3) is 0 Å². The highest BCUT2D eigenvalue weighted by molar-refractivity contribution is 5.99. The number of ketones is 1. The molecule has 0 amide bonds. The van der Waals surface area contributed by atoms with Gasteiger partial charge in [0.25, 0.3) is 0 Å². The lowest BCUT2D eigenvalue weighted by atomic mass is 10.1. The summed E-state index contributed by atoms with van der Waals surface area (Å²) < 4.78 is 13.7. The Morgan fingerprint density at radius 3 is 2.62 bits per heavy atom. The molecule has 1 fully saturated rings. The zero-order valence-electron chi connectivity index (χ0n) is 13.0. The predicted molar refractivity (Wildman–Crippen MR) is 83.4 cm³/mol. The highest BCUT2D eigenvalue weighted by Crippen LogP contribution is 2.20. The molecule has 5 heteroatoms. The molecule has 1 aliphatic heterocycles. The van der Waals surface area contributed by atoms with Crippen molar-refractivity contribution in [2.24, 2.45) is 0 Å². The summed E-state index contributed by atoms with van der Waals surface area (Å²) in [6, 6.07) is 5.06. The second-order valence-electron chi connectivity index (χ2n) is 5.79. The van der Waals surface area contributed by atoms with Crippen molar-refractivity contribution in [1.29, 1.82) is 0 Å². The molecule has 2 rings (SSSR count). The number of carbonyl (C=O) groups is 1. The SMILES string of the molecule is CC(=O)c1c(F)cccc1NC[C@H](C)N1CCN(C)CC1. The summed E-state index contributed by atoms with van der Waals surface area (Å²) in [4.78, 5) is 16.3. The molecule has 0 saturated carbocycles. The van der Waals surface area contributed by atoms with Gasteiger partial charge in [-0.25, -0.2) is 4.39 Å². The van der Waals surface area contributed by atoms with Crippen LogP contribution in [0.1, 0.15) is 24.2 Å². The number of benzene rings is 1. The Kier molecular flexibility index (Phi) is 5.31. The van der Waals surface area contributed by atoms with Crippen LogP contribution in [0.3, 0.4) is 0 Å². The summed E-state index contributed by atoms with van der Waals surface area (Å²) in [5, 5.41) is 3.23. The predicted octanol–water partition coefficient (Wildman–Crippen LogP) is 2.08. The van der Waals surface area contributed by atoms with Crippen molar-refractivity contribution in [3.63, 3.8) is 0 Å². The van der Waals surface area contributed by atoms with E-state index in [-0.39, 0.29) is 11.3 Å². The highest BCUT2D eigenvalue weighted by Gasteiger charge is 2.19. The van der Waals surface area contributed by atoms with Crippen molar-refractivity contribution in [2.75, 3.05) is 45.1 Å². The van der Waals surface area contributed by atoms with Gasteiger partial charge in [0.1, 0.15) is 5.82 Å². The summed E-state index contributed by atoms with van der Waals surface area (Å²) >= 11 is 0. The Morgan fingerprint density at radius 1 is 1.33 bits per heavy atom. The lowest BCUT2D eigenvalue weighted by molar-refractivity contribution is 0.101. The standard InChI is InChI=1S/C16H24FN3O/c1-12(20-9-7-19(3)8-10-20)11-18-15-6-4-5-14(17)16(15)13(2)21/h4-6,12,18H,7-11H2,1-3H3/t12-/m0/s1. The van der Waals surface area contributed by atoms with E-state index >= 15 is 0 Å². The molecule has 0 aliphatic carbocycles. The summed E-state index contributed by atoms with van der Waals surface area (Å²) in [6.07, 6.45) is 0. The first kappa shape index (κ1) is 15.9. The zero-order chi connectivity index (χ0) is 15.4. The van der Waals surface area contributed by atoms with Crippen molar-refractivity contribution in [3.8, 4) is 0 Å². The summed E-state index contributed by atoms with van der Waals surface area (Å²) in [5.41, 5.74) is 0.742. The first-order chi connectivity index (χ1) is 9.99. The number of rotatable bonds is 5. The van der Waals surface area contributed by atoms with Crippen LogP contribution in [0.15, 0.2) is 18.2 Å². The molecule has 116 valence electrons. The Balaban J connectivity index is 1.97. The van der Waals surface area contributed by atoms with Gasteiger partial charge < -0.3 is 10.2 Å². The minimum Gasteiger partial charge on any atom is -0.383 e. The van der Waals surface area contributed by atoms with Crippen molar-refractivity contribution >= 4 is 11.5 Å². The first-order valence-electron chi connectivity index (χ1n) is 7.45. The van der Waals surface area contributed by atoms with Gasteiger partial charge in [-0.1, -0.05) is 6.07 Å². The number of carbonyl (C=O) groups excluding carboxylic acids is 1. The molecular weight excluding hydrogens is 269 g/mol. The molecule has 1 N–H and O–H groups in total. The van der Waals surface area contributed by atoms with Crippen LogP contribution in [0, 0.1) is 5.82 Å². The van der Waals surface area contributed by atoms with E-state index in [2.05, 4.69) is 29.1 Å². The summed E-state index contributed by atoms with van der Waals surface area (Å²) in [7, 11) is 2.13. The molecule has 4 nitrogen and oxygen atoms in total. The van der Waals surface area contributed by atoms with Crippen molar-refractivity contribution in [2.45, 2.75) is 19.9 Å². The molecule has 0 spiro atoms. The second kappa shape index (κ2) is 7.00. The minimum atomic E-state index is -0.459. The van der Waals surface area contributed by atoms with Gasteiger partial charge >= 0.3 is 0 Å². The fraction of sp³-hybridized carbons (Fsp3) is 0.562. The Bertz CT molecular complexity index is 498. The molecule has 0 aromatic heterocycles. The van der Waals surface area contributed by atoms with Crippen molar-refractivity contribution in [1.82, 2.24) is 9.80 Å². The number of hydrogen-bond donors (Lipinski definition) is 1. The number of nitrogens with one attached hydrogen (secondary N) is 1. The van der Waals surface area contributed by atoms with Crippen LogP contribution in [-0.4, -0.2) is 61.4 Å². The molecule has 1 heterocycles. The van der Waals surface area contributed by atoms with Gasteiger partial charge in [-0.15, -0.1) is 0 Å². The molecule has 0 unspecified atom stereocenters. The van der Waals surface area contributed by atoms with Crippen LogP contribution < -0.4 is 5.32 Å². The third-order valence-electron chi connectivity index (χ3n) is 4.11. The van der Waals surface area contributed by atoms with E-state index in [1.165, 1.54) is 13.0 Å². The lowest BCUT2D eigenvalue weighted by Crippen LogP contribution is -2.49.